The van der Waals surface area contributed by atoms with Crippen molar-refractivity contribution in [2.75, 3.05) is 6.61 Å². The van der Waals surface area contributed by atoms with Crippen molar-refractivity contribution in [2.24, 2.45) is 11.3 Å². The molecule has 128 valence electrons. The number of allylic oxidation sites excluding steroid dienone is 1. The lowest BCUT2D eigenvalue weighted by Gasteiger charge is -2.24. The van der Waals surface area contributed by atoms with E-state index in [4.69, 9.17) is 4.74 Å². The quantitative estimate of drug-likeness (QED) is 0.499. The van der Waals surface area contributed by atoms with Gasteiger partial charge in [-0.3, -0.25) is 4.79 Å². The first kappa shape index (κ1) is 19.2. The Labute approximate surface area is 136 Å². The van der Waals surface area contributed by atoms with E-state index in [1.54, 1.807) is 6.92 Å². The van der Waals surface area contributed by atoms with Gasteiger partial charge >= 0.3 is 5.97 Å². The zero-order chi connectivity index (χ0) is 16.8. The summed E-state index contributed by atoms with van der Waals surface area (Å²) in [4.78, 5) is 11.6. The third-order valence-corrected chi connectivity index (χ3v) is 4.99. The molecular formula is C19H34O3. The molecule has 0 saturated heterocycles. The minimum absolute atomic E-state index is 0.0849. The number of carbonyl (C=O) groups excluding carboxylic acids is 1. The molecule has 3 nitrogen and oxygen atoms in total. The summed E-state index contributed by atoms with van der Waals surface area (Å²) < 4.78 is 4.95. The molecular weight excluding hydrogens is 276 g/mol. The Kier molecular flexibility index (Phi) is 7.11. The van der Waals surface area contributed by atoms with Crippen LogP contribution >= 0.6 is 0 Å². The molecule has 1 rings (SSSR count). The number of aliphatic hydroxyl groups is 1. The van der Waals surface area contributed by atoms with Gasteiger partial charge in [-0.15, -0.1) is 0 Å². The second kappa shape index (κ2) is 8.14. The summed E-state index contributed by atoms with van der Waals surface area (Å²) in [6, 6.07) is 0. The van der Waals surface area contributed by atoms with Crippen LogP contribution in [0.4, 0.5) is 0 Å². The second-order valence-corrected chi connectivity index (χ2v) is 7.75. The highest BCUT2D eigenvalue weighted by Crippen LogP contribution is 2.36. The van der Waals surface area contributed by atoms with Crippen LogP contribution in [-0.4, -0.2) is 23.3 Å². The first-order valence-corrected chi connectivity index (χ1v) is 8.78. The molecule has 0 radical (unpaired) electrons. The Hall–Kier alpha value is -0.830. The minimum Gasteiger partial charge on any atom is -0.466 e. The van der Waals surface area contributed by atoms with Crippen molar-refractivity contribution in [2.45, 2.75) is 85.2 Å². The molecule has 1 aliphatic carbocycles. The van der Waals surface area contributed by atoms with Gasteiger partial charge in [-0.2, -0.15) is 0 Å². The predicted molar refractivity (Wildman–Crippen MR) is 90.6 cm³/mol. The monoisotopic (exact) mass is 310 g/mol. The molecule has 0 aliphatic heterocycles. The van der Waals surface area contributed by atoms with E-state index in [1.807, 2.05) is 6.08 Å². The fraction of sp³-hybridized carbons (Fsp3) is 0.842. The molecule has 0 amide bonds. The van der Waals surface area contributed by atoms with E-state index in [9.17, 15) is 9.90 Å². The maximum Gasteiger partial charge on any atom is 0.309 e. The van der Waals surface area contributed by atoms with Gasteiger partial charge in [0.25, 0.3) is 0 Å². The molecule has 0 spiro atoms. The van der Waals surface area contributed by atoms with Gasteiger partial charge < -0.3 is 9.84 Å². The molecule has 0 aromatic rings. The lowest BCUT2D eigenvalue weighted by Crippen LogP contribution is -2.27. The topological polar surface area (TPSA) is 46.5 Å². The smallest absolute Gasteiger partial charge is 0.309 e. The molecule has 0 aromatic heterocycles. The van der Waals surface area contributed by atoms with E-state index in [1.165, 1.54) is 24.8 Å². The fourth-order valence-electron chi connectivity index (χ4n) is 3.03. The van der Waals surface area contributed by atoms with Crippen molar-refractivity contribution < 1.29 is 14.6 Å². The highest BCUT2D eigenvalue weighted by molar-refractivity contribution is 5.71. The second-order valence-electron chi connectivity index (χ2n) is 7.75. The van der Waals surface area contributed by atoms with Gasteiger partial charge in [-0.05, 0) is 50.4 Å². The molecule has 1 N–H and O–H groups in total. The number of hydrogen-bond donors (Lipinski definition) is 1. The average molecular weight is 310 g/mol. The van der Waals surface area contributed by atoms with E-state index >= 15 is 0 Å². The first-order valence-electron chi connectivity index (χ1n) is 8.78. The van der Waals surface area contributed by atoms with Crippen LogP contribution in [0.1, 0.15) is 79.6 Å². The highest BCUT2D eigenvalue weighted by atomic mass is 16.5. The molecule has 0 heterocycles. The lowest BCUT2D eigenvalue weighted by molar-refractivity contribution is -0.147. The van der Waals surface area contributed by atoms with Gasteiger partial charge in [0.05, 0.1) is 18.6 Å². The Bertz CT molecular complexity index is 397. The normalized spacial score (nSPS) is 23.3. The molecule has 0 saturated carbocycles. The third kappa shape index (κ3) is 6.51. The molecule has 0 bridgehead atoms. The highest BCUT2D eigenvalue weighted by Gasteiger charge is 2.33. The van der Waals surface area contributed by atoms with E-state index in [0.717, 1.165) is 12.8 Å². The Balaban J connectivity index is 2.46. The van der Waals surface area contributed by atoms with Crippen molar-refractivity contribution >= 4 is 5.97 Å². The molecule has 2 unspecified atom stereocenters. The van der Waals surface area contributed by atoms with Crippen LogP contribution in [-0.2, 0) is 9.53 Å². The lowest BCUT2D eigenvalue weighted by atomic mass is 9.81. The van der Waals surface area contributed by atoms with Crippen molar-refractivity contribution in [3.63, 3.8) is 0 Å². The van der Waals surface area contributed by atoms with Crippen LogP contribution in [0.2, 0.25) is 0 Å². The standard InChI is InChI=1S/C19H34O3/c1-6-18(4,5)10-8-15(3)12-16-9-11-19(21,13-16)14-17(20)22-7-2/h13,15,21H,6-12,14H2,1-5H3. The summed E-state index contributed by atoms with van der Waals surface area (Å²) in [7, 11) is 0. The van der Waals surface area contributed by atoms with Gasteiger partial charge in [0.1, 0.15) is 0 Å². The average Bonchev–Trinajstić information content (AvgIpc) is 2.77. The van der Waals surface area contributed by atoms with Gasteiger partial charge in [0.15, 0.2) is 0 Å². The summed E-state index contributed by atoms with van der Waals surface area (Å²) in [5.41, 5.74) is 0.737. The SMILES string of the molecule is CCOC(=O)CC1(O)C=C(CC(C)CCC(C)(C)CC)CC1. The van der Waals surface area contributed by atoms with Crippen molar-refractivity contribution in [1.82, 2.24) is 0 Å². The van der Waals surface area contributed by atoms with E-state index in [2.05, 4.69) is 27.7 Å². The minimum atomic E-state index is -0.982. The van der Waals surface area contributed by atoms with Gasteiger partial charge in [-0.25, -0.2) is 0 Å². The van der Waals surface area contributed by atoms with Crippen molar-refractivity contribution in [3.8, 4) is 0 Å². The summed E-state index contributed by atoms with van der Waals surface area (Å²) in [6.45, 7) is 11.3. The van der Waals surface area contributed by atoms with Crippen LogP contribution in [0.5, 0.6) is 0 Å². The Morgan fingerprint density at radius 1 is 1.45 bits per heavy atom. The molecule has 2 atom stereocenters. The summed E-state index contributed by atoms with van der Waals surface area (Å²) >= 11 is 0. The number of esters is 1. The number of ether oxygens (including phenoxy) is 1. The van der Waals surface area contributed by atoms with Crippen molar-refractivity contribution in [3.05, 3.63) is 11.6 Å². The van der Waals surface area contributed by atoms with E-state index < -0.39 is 5.60 Å². The van der Waals surface area contributed by atoms with Crippen LogP contribution in [0, 0.1) is 11.3 Å². The maximum absolute atomic E-state index is 11.6. The molecule has 3 heteroatoms. The zero-order valence-electron chi connectivity index (χ0n) is 15.1. The molecule has 1 aliphatic rings. The maximum atomic E-state index is 11.6. The van der Waals surface area contributed by atoms with Crippen LogP contribution in [0.25, 0.3) is 0 Å². The molecule has 0 fully saturated rings. The van der Waals surface area contributed by atoms with Gasteiger partial charge in [0, 0.05) is 0 Å². The number of carbonyl (C=O) groups is 1. The number of rotatable bonds is 9. The first-order chi connectivity index (χ1) is 10.2. The number of hydrogen-bond acceptors (Lipinski definition) is 3. The van der Waals surface area contributed by atoms with Crippen LogP contribution in [0.3, 0.4) is 0 Å². The zero-order valence-corrected chi connectivity index (χ0v) is 15.1. The van der Waals surface area contributed by atoms with Crippen molar-refractivity contribution in [1.29, 1.82) is 0 Å². The van der Waals surface area contributed by atoms with Crippen LogP contribution < -0.4 is 0 Å². The fourth-order valence-corrected chi connectivity index (χ4v) is 3.03. The van der Waals surface area contributed by atoms with Crippen LogP contribution in [0.15, 0.2) is 11.6 Å². The van der Waals surface area contributed by atoms with E-state index in [0.29, 0.717) is 24.4 Å². The third-order valence-electron chi connectivity index (χ3n) is 4.99. The van der Waals surface area contributed by atoms with Gasteiger partial charge in [-0.1, -0.05) is 45.8 Å². The Morgan fingerprint density at radius 3 is 2.73 bits per heavy atom. The summed E-state index contributed by atoms with van der Waals surface area (Å²) in [5.74, 6) is 0.322. The Morgan fingerprint density at radius 2 is 2.14 bits per heavy atom. The summed E-state index contributed by atoms with van der Waals surface area (Å²) in [6.07, 6.45) is 8.25. The molecule has 0 aromatic carbocycles. The molecule has 22 heavy (non-hydrogen) atoms. The van der Waals surface area contributed by atoms with E-state index in [-0.39, 0.29) is 12.4 Å². The summed E-state index contributed by atoms with van der Waals surface area (Å²) in [5, 5.41) is 10.5. The van der Waals surface area contributed by atoms with Gasteiger partial charge in [0.2, 0.25) is 0 Å². The predicted octanol–water partition coefficient (Wildman–Crippen LogP) is 4.63. The largest absolute Gasteiger partial charge is 0.466 e.